The fourth-order valence-electron chi connectivity index (χ4n) is 1.72. The van der Waals surface area contributed by atoms with Gasteiger partial charge in [-0.15, -0.1) is 0 Å². The van der Waals surface area contributed by atoms with Crippen molar-refractivity contribution in [3.63, 3.8) is 0 Å². The first-order chi connectivity index (χ1) is 10.9. The Morgan fingerprint density at radius 2 is 1.70 bits per heavy atom. The van der Waals surface area contributed by atoms with Crippen LogP contribution in [0.2, 0.25) is 0 Å². The van der Waals surface area contributed by atoms with Crippen molar-refractivity contribution in [1.29, 1.82) is 0 Å². The van der Waals surface area contributed by atoms with Crippen LogP contribution in [0.25, 0.3) is 0 Å². The van der Waals surface area contributed by atoms with E-state index in [2.05, 4.69) is 0 Å². The van der Waals surface area contributed by atoms with E-state index >= 15 is 0 Å². The number of hydrogen-bond acceptors (Lipinski definition) is 5. The van der Waals surface area contributed by atoms with Crippen LogP contribution in [0, 0.1) is 5.82 Å². The van der Waals surface area contributed by atoms with E-state index in [1.54, 1.807) is 0 Å². The Labute approximate surface area is 132 Å². The summed E-state index contributed by atoms with van der Waals surface area (Å²) in [6.07, 6.45) is 0. The van der Waals surface area contributed by atoms with Crippen LogP contribution in [0.15, 0.2) is 53.4 Å². The van der Waals surface area contributed by atoms with E-state index in [-0.39, 0.29) is 23.7 Å². The highest BCUT2D eigenvalue weighted by molar-refractivity contribution is 7.89. The fourth-order valence-corrected chi connectivity index (χ4v) is 2.24. The van der Waals surface area contributed by atoms with Crippen LogP contribution in [0.1, 0.15) is 10.4 Å². The van der Waals surface area contributed by atoms with Crippen molar-refractivity contribution in [3.05, 3.63) is 59.9 Å². The number of benzene rings is 2. The average molecular weight is 339 g/mol. The molecule has 0 atom stereocenters. The lowest BCUT2D eigenvalue weighted by atomic mass is 10.2. The van der Waals surface area contributed by atoms with Crippen LogP contribution in [0.5, 0.6) is 5.75 Å². The smallest absolute Gasteiger partial charge is 0.341 e. The number of carbonyl (C=O) groups excluding carboxylic acids is 1. The van der Waals surface area contributed by atoms with Crippen LogP contribution < -0.4 is 9.88 Å². The number of sulfonamides is 1. The van der Waals surface area contributed by atoms with Gasteiger partial charge in [-0.2, -0.15) is 0 Å². The summed E-state index contributed by atoms with van der Waals surface area (Å²) in [5, 5.41) is 4.97. The number of rotatable bonds is 6. The zero-order valence-corrected chi connectivity index (χ0v) is 12.8. The molecule has 0 aliphatic carbocycles. The van der Waals surface area contributed by atoms with Crippen molar-refractivity contribution in [2.45, 2.75) is 4.90 Å². The molecule has 0 amide bonds. The van der Waals surface area contributed by atoms with E-state index in [0.29, 0.717) is 5.75 Å². The largest absolute Gasteiger partial charge is 0.490 e. The number of nitrogens with two attached hydrogens (primary N) is 1. The van der Waals surface area contributed by atoms with E-state index in [9.17, 15) is 17.6 Å². The summed E-state index contributed by atoms with van der Waals surface area (Å²) in [4.78, 5) is 11.6. The second-order valence-electron chi connectivity index (χ2n) is 4.48. The molecule has 0 spiro atoms. The predicted molar refractivity (Wildman–Crippen MR) is 80.0 cm³/mol. The first kappa shape index (κ1) is 16.9. The van der Waals surface area contributed by atoms with Gasteiger partial charge >= 0.3 is 5.97 Å². The van der Waals surface area contributed by atoms with E-state index in [4.69, 9.17) is 14.6 Å². The van der Waals surface area contributed by atoms with E-state index in [1.165, 1.54) is 48.5 Å². The van der Waals surface area contributed by atoms with Gasteiger partial charge in [0.1, 0.15) is 24.8 Å². The maximum atomic E-state index is 13.4. The summed E-state index contributed by atoms with van der Waals surface area (Å²) in [5.74, 6) is -1.05. The van der Waals surface area contributed by atoms with Crippen molar-refractivity contribution >= 4 is 16.0 Å². The Morgan fingerprint density at radius 3 is 2.30 bits per heavy atom. The standard InChI is InChI=1S/C15H14FNO5S/c16-14-4-2-1-3-13(14)15(18)22-10-9-21-11-5-7-12(8-6-11)23(17,19)20/h1-8H,9-10H2,(H2,17,19,20). The molecule has 2 rings (SSSR count). The number of esters is 1. The van der Waals surface area contributed by atoms with Gasteiger partial charge in [-0.25, -0.2) is 22.7 Å². The number of halogens is 1. The second-order valence-corrected chi connectivity index (χ2v) is 6.04. The van der Waals surface area contributed by atoms with Crippen molar-refractivity contribution in [3.8, 4) is 5.75 Å². The zero-order chi connectivity index (χ0) is 16.9. The molecule has 0 heterocycles. The fraction of sp³-hybridized carbons (Fsp3) is 0.133. The van der Waals surface area contributed by atoms with Crippen LogP contribution in [0.4, 0.5) is 4.39 Å². The van der Waals surface area contributed by atoms with Crippen molar-refractivity contribution < 1.29 is 27.1 Å². The number of ether oxygens (including phenoxy) is 2. The summed E-state index contributed by atoms with van der Waals surface area (Å²) in [6, 6.07) is 11.0. The molecule has 0 fully saturated rings. The molecule has 0 bridgehead atoms. The van der Waals surface area contributed by atoms with Gasteiger partial charge in [0.15, 0.2) is 0 Å². The number of primary sulfonamides is 1. The molecule has 0 aliphatic rings. The summed E-state index contributed by atoms with van der Waals surface area (Å²) >= 11 is 0. The van der Waals surface area contributed by atoms with Crippen molar-refractivity contribution in [1.82, 2.24) is 0 Å². The first-order valence-corrected chi connectivity index (χ1v) is 8.10. The van der Waals surface area contributed by atoms with Gasteiger partial charge in [-0.1, -0.05) is 12.1 Å². The third-order valence-corrected chi connectivity index (χ3v) is 3.76. The molecule has 2 aromatic carbocycles. The Morgan fingerprint density at radius 1 is 1.04 bits per heavy atom. The lowest BCUT2D eigenvalue weighted by Crippen LogP contribution is -2.14. The van der Waals surface area contributed by atoms with Gasteiger partial charge in [-0.05, 0) is 36.4 Å². The molecule has 0 saturated heterocycles. The minimum absolute atomic E-state index is 0.0316. The highest BCUT2D eigenvalue weighted by Gasteiger charge is 2.12. The van der Waals surface area contributed by atoms with E-state index in [1.807, 2.05) is 0 Å². The Balaban J connectivity index is 1.82. The van der Waals surface area contributed by atoms with Crippen LogP contribution in [-0.2, 0) is 14.8 Å². The van der Waals surface area contributed by atoms with Crippen LogP contribution in [-0.4, -0.2) is 27.6 Å². The molecular formula is C15H14FNO5S. The Hall–Kier alpha value is -2.45. The molecule has 8 heteroatoms. The predicted octanol–water partition coefficient (Wildman–Crippen LogP) is 1.71. The van der Waals surface area contributed by atoms with Gasteiger partial charge in [-0.3, -0.25) is 0 Å². The van der Waals surface area contributed by atoms with Crippen molar-refractivity contribution in [2.75, 3.05) is 13.2 Å². The normalized spacial score (nSPS) is 11.0. The molecule has 0 aromatic heterocycles. The van der Waals surface area contributed by atoms with E-state index in [0.717, 1.165) is 0 Å². The molecule has 2 N–H and O–H groups in total. The summed E-state index contributed by atoms with van der Waals surface area (Å²) in [6.45, 7) is -0.0426. The van der Waals surface area contributed by atoms with Crippen LogP contribution >= 0.6 is 0 Å². The molecule has 2 aromatic rings. The first-order valence-electron chi connectivity index (χ1n) is 6.55. The lowest BCUT2D eigenvalue weighted by molar-refractivity contribution is 0.0445. The molecular weight excluding hydrogens is 325 g/mol. The molecule has 0 unspecified atom stereocenters. The molecule has 6 nitrogen and oxygen atoms in total. The summed E-state index contributed by atoms with van der Waals surface area (Å²) < 4.78 is 45.7. The number of carbonyl (C=O) groups is 1. The molecule has 0 aliphatic heterocycles. The highest BCUT2D eigenvalue weighted by Crippen LogP contribution is 2.14. The highest BCUT2D eigenvalue weighted by atomic mass is 32.2. The monoisotopic (exact) mass is 339 g/mol. The van der Waals surface area contributed by atoms with Gasteiger partial charge in [0.05, 0.1) is 10.5 Å². The van der Waals surface area contributed by atoms with Gasteiger partial charge < -0.3 is 9.47 Å². The average Bonchev–Trinajstić information content (AvgIpc) is 2.51. The summed E-state index contributed by atoms with van der Waals surface area (Å²) in [5.41, 5.74) is -0.148. The second kappa shape index (κ2) is 7.21. The maximum Gasteiger partial charge on any atom is 0.341 e. The third kappa shape index (κ3) is 4.76. The van der Waals surface area contributed by atoms with Gasteiger partial charge in [0, 0.05) is 0 Å². The van der Waals surface area contributed by atoms with Crippen molar-refractivity contribution in [2.24, 2.45) is 5.14 Å². The number of hydrogen-bond donors (Lipinski definition) is 1. The molecule has 122 valence electrons. The summed E-state index contributed by atoms with van der Waals surface area (Å²) in [7, 11) is -3.75. The maximum absolute atomic E-state index is 13.4. The van der Waals surface area contributed by atoms with Crippen LogP contribution in [0.3, 0.4) is 0 Å². The molecule has 23 heavy (non-hydrogen) atoms. The van der Waals surface area contributed by atoms with E-state index < -0.39 is 21.8 Å². The topological polar surface area (TPSA) is 95.7 Å². The zero-order valence-electron chi connectivity index (χ0n) is 11.9. The molecule has 0 radical (unpaired) electrons. The SMILES string of the molecule is NS(=O)(=O)c1ccc(OCCOC(=O)c2ccccc2F)cc1. The van der Waals surface area contributed by atoms with Gasteiger partial charge in [0.25, 0.3) is 0 Å². The Bertz CT molecular complexity index is 790. The molecule has 0 saturated carbocycles. The minimum Gasteiger partial charge on any atom is -0.490 e. The minimum atomic E-state index is -3.75. The quantitative estimate of drug-likeness (QED) is 0.638. The third-order valence-electron chi connectivity index (χ3n) is 2.83. The Kier molecular flexibility index (Phi) is 5.30. The van der Waals surface area contributed by atoms with Gasteiger partial charge in [0.2, 0.25) is 10.0 Å². The lowest BCUT2D eigenvalue weighted by Gasteiger charge is -2.08.